The van der Waals surface area contributed by atoms with Gasteiger partial charge in [-0.2, -0.15) is 10.2 Å². The van der Waals surface area contributed by atoms with Crippen LogP contribution in [0.25, 0.3) is 0 Å². The number of nitrogens with one attached hydrogen (secondary N) is 2. The Hall–Kier alpha value is -3.74. The van der Waals surface area contributed by atoms with Gasteiger partial charge in [-0.3, -0.25) is 9.59 Å². The van der Waals surface area contributed by atoms with Crippen molar-refractivity contribution >= 4 is 29.3 Å². The first-order valence-corrected chi connectivity index (χ1v) is 11.6. The summed E-state index contributed by atoms with van der Waals surface area (Å²) in [6, 6.07) is 6.18. The Bertz CT molecular complexity index is 1100. The van der Waals surface area contributed by atoms with E-state index in [4.69, 9.17) is 10.2 Å². The van der Waals surface area contributed by atoms with E-state index in [1.54, 1.807) is 19.4 Å². The second kappa shape index (κ2) is 10.0. The van der Waals surface area contributed by atoms with E-state index in [9.17, 15) is 9.59 Å². The highest BCUT2D eigenvalue weighted by Gasteiger charge is 2.43. The molecule has 34 heavy (non-hydrogen) atoms. The number of amides is 2. The number of rotatable bonds is 7. The lowest BCUT2D eigenvalue weighted by Gasteiger charge is -2.42. The highest BCUT2D eigenvalue weighted by Crippen LogP contribution is 2.34. The third-order valence-electron chi connectivity index (χ3n) is 6.59. The molecule has 2 aliphatic heterocycles. The van der Waals surface area contributed by atoms with Crippen molar-refractivity contribution in [3.05, 3.63) is 35.8 Å². The number of hydrogen-bond acceptors (Lipinski definition) is 8. The molecule has 0 spiro atoms. The Morgan fingerprint density at radius 1 is 1.26 bits per heavy atom. The third-order valence-corrected chi connectivity index (χ3v) is 6.59. The van der Waals surface area contributed by atoms with Gasteiger partial charge in [-0.05, 0) is 43.9 Å². The van der Waals surface area contributed by atoms with E-state index in [1.807, 2.05) is 26.0 Å². The lowest BCUT2D eigenvalue weighted by molar-refractivity contribution is -0.138. The molecule has 10 heteroatoms. The van der Waals surface area contributed by atoms with Gasteiger partial charge in [0.1, 0.15) is 11.5 Å². The lowest BCUT2D eigenvalue weighted by atomic mass is 10.0. The molecule has 3 atom stereocenters. The molecule has 2 aliphatic rings. The zero-order valence-corrected chi connectivity index (χ0v) is 19.8. The van der Waals surface area contributed by atoms with Crippen LogP contribution in [0.1, 0.15) is 48.7 Å². The normalized spacial score (nSPS) is 19.9. The van der Waals surface area contributed by atoms with Crippen LogP contribution in [0.3, 0.4) is 0 Å². The average molecular weight is 463 g/mol. The number of anilines is 3. The maximum absolute atomic E-state index is 13.0. The molecule has 2 N–H and O–H groups in total. The Morgan fingerprint density at radius 3 is 2.65 bits per heavy atom. The summed E-state index contributed by atoms with van der Waals surface area (Å²) in [5.41, 5.74) is 1.83. The van der Waals surface area contributed by atoms with Crippen molar-refractivity contribution in [3.8, 4) is 6.07 Å². The second-order valence-corrected chi connectivity index (χ2v) is 8.97. The van der Waals surface area contributed by atoms with Gasteiger partial charge in [0.05, 0.1) is 18.0 Å². The minimum Gasteiger partial charge on any atom is -0.354 e. The molecule has 0 saturated carbocycles. The number of piperazine rings is 1. The van der Waals surface area contributed by atoms with Gasteiger partial charge in [0.2, 0.25) is 11.9 Å². The standard InChI is InChI=1S/C24H30N8O2/c1-15(5-4-9-25)23(34)32-18-6-7-19(32)14-31(13-18)20-8-10-27-24(30-20)29-17-11-16(2)21(28-12-17)22(33)26-3/h8,10-12,15,18-19H,4-7,13-14H2,1-3H3,(H,26,33)(H,27,29,30)/t15-,18-,19+/m0/s1. The molecule has 0 aromatic carbocycles. The molecule has 2 saturated heterocycles. The molecule has 178 valence electrons. The summed E-state index contributed by atoms with van der Waals surface area (Å²) in [7, 11) is 1.58. The second-order valence-electron chi connectivity index (χ2n) is 8.97. The van der Waals surface area contributed by atoms with Crippen molar-refractivity contribution in [3.63, 3.8) is 0 Å². The maximum atomic E-state index is 13.0. The number of nitriles is 1. The number of carbonyl (C=O) groups is 2. The number of fused-ring (bicyclic) bond motifs is 2. The van der Waals surface area contributed by atoms with Crippen LogP contribution in [0, 0.1) is 24.2 Å². The van der Waals surface area contributed by atoms with Gasteiger partial charge in [-0.25, -0.2) is 9.97 Å². The highest BCUT2D eigenvalue weighted by molar-refractivity contribution is 5.93. The van der Waals surface area contributed by atoms with Crippen LogP contribution in [-0.4, -0.2) is 63.9 Å². The zero-order valence-electron chi connectivity index (χ0n) is 19.8. The van der Waals surface area contributed by atoms with Gasteiger partial charge in [-0.15, -0.1) is 0 Å². The summed E-state index contributed by atoms with van der Waals surface area (Å²) in [5, 5.41) is 14.6. The number of carbonyl (C=O) groups excluding carboxylic acids is 2. The first-order valence-electron chi connectivity index (χ1n) is 11.6. The fourth-order valence-electron chi connectivity index (χ4n) is 4.82. The minimum absolute atomic E-state index is 0.129. The summed E-state index contributed by atoms with van der Waals surface area (Å²) >= 11 is 0. The smallest absolute Gasteiger partial charge is 0.269 e. The fourth-order valence-corrected chi connectivity index (χ4v) is 4.82. The minimum atomic E-state index is -0.228. The summed E-state index contributed by atoms with van der Waals surface area (Å²) < 4.78 is 0. The number of aromatic nitrogens is 3. The number of hydrogen-bond donors (Lipinski definition) is 2. The van der Waals surface area contributed by atoms with Crippen LogP contribution in [-0.2, 0) is 4.79 Å². The largest absolute Gasteiger partial charge is 0.354 e. The van der Waals surface area contributed by atoms with E-state index in [0.29, 0.717) is 30.2 Å². The van der Waals surface area contributed by atoms with Crippen LogP contribution in [0.2, 0.25) is 0 Å². The van der Waals surface area contributed by atoms with E-state index in [1.165, 1.54) is 0 Å². The fraction of sp³-hybridized carbons (Fsp3) is 0.500. The quantitative estimate of drug-likeness (QED) is 0.642. The van der Waals surface area contributed by atoms with Crippen molar-refractivity contribution in [2.45, 2.75) is 51.6 Å². The van der Waals surface area contributed by atoms with Crippen molar-refractivity contribution in [1.29, 1.82) is 5.26 Å². The maximum Gasteiger partial charge on any atom is 0.269 e. The van der Waals surface area contributed by atoms with Crippen molar-refractivity contribution < 1.29 is 9.59 Å². The zero-order chi connectivity index (χ0) is 24.2. The van der Waals surface area contributed by atoms with E-state index >= 15 is 0 Å². The Kier molecular flexibility index (Phi) is 6.91. The molecular weight excluding hydrogens is 432 g/mol. The van der Waals surface area contributed by atoms with Gasteiger partial charge in [0.15, 0.2) is 0 Å². The molecule has 2 aromatic heterocycles. The lowest BCUT2D eigenvalue weighted by Crippen LogP contribution is -2.57. The first kappa shape index (κ1) is 23.4. The molecule has 2 fully saturated rings. The molecule has 0 radical (unpaired) electrons. The molecular formula is C24H30N8O2. The van der Waals surface area contributed by atoms with Crippen molar-refractivity contribution in [1.82, 2.24) is 25.2 Å². The topological polar surface area (TPSA) is 127 Å². The van der Waals surface area contributed by atoms with Crippen LogP contribution < -0.4 is 15.5 Å². The predicted molar refractivity (Wildman–Crippen MR) is 128 cm³/mol. The number of pyridine rings is 1. The molecule has 10 nitrogen and oxygen atoms in total. The Labute approximate surface area is 199 Å². The molecule has 4 heterocycles. The summed E-state index contributed by atoms with van der Waals surface area (Å²) in [6.45, 7) is 5.21. The van der Waals surface area contributed by atoms with E-state index in [-0.39, 0.29) is 29.8 Å². The predicted octanol–water partition coefficient (Wildman–Crippen LogP) is 2.40. The molecule has 0 unspecified atom stereocenters. The van der Waals surface area contributed by atoms with Crippen LogP contribution in [0.4, 0.5) is 17.5 Å². The first-order chi connectivity index (χ1) is 16.4. The molecule has 4 rings (SSSR count). The van der Waals surface area contributed by atoms with Gasteiger partial charge in [0.25, 0.3) is 5.91 Å². The third kappa shape index (κ3) is 4.78. The van der Waals surface area contributed by atoms with Crippen LogP contribution in [0.15, 0.2) is 24.5 Å². The van der Waals surface area contributed by atoms with Gasteiger partial charge >= 0.3 is 0 Å². The van der Waals surface area contributed by atoms with Gasteiger partial charge in [0, 0.05) is 50.8 Å². The monoisotopic (exact) mass is 462 g/mol. The van der Waals surface area contributed by atoms with E-state index in [2.05, 4.69) is 36.5 Å². The summed E-state index contributed by atoms with van der Waals surface area (Å²) in [6.07, 6.45) is 6.28. The number of aryl methyl sites for hydroxylation is 1. The Morgan fingerprint density at radius 2 is 2.00 bits per heavy atom. The highest BCUT2D eigenvalue weighted by atomic mass is 16.2. The van der Waals surface area contributed by atoms with Crippen LogP contribution in [0.5, 0.6) is 0 Å². The Balaban J connectivity index is 1.44. The number of nitrogens with zero attached hydrogens (tertiary/aromatic N) is 6. The van der Waals surface area contributed by atoms with Gasteiger partial charge < -0.3 is 20.4 Å². The molecule has 2 bridgehead atoms. The van der Waals surface area contributed by atoms with Gasteiger partial charge in [-0.1, -0.05) is 6.92 Å². The van der Waals surface area contributed by atoms with E-state index < -0.39 is 0 Å². The molecule has 2 amide bonds. The molecule has 2 aromatic rings. The molecule has 0 aliphatic carbocycles. The van der Waals surface area contributed by atoms with E-state index in [0.717, 1.165) is 37.3 Å². The van der Waals surface area contributed by atoms with Crippen LogP contribution >= 0.6 is 0 Å². The average Bonchev–Trinajstić information content (AvgIpc) is 3.10. The van der Waals surface area contributed by atoms with Crippen molar-refractivity contribution in [2.75, 3.05) is 30.4 Å². The summed E-state index contributed by atoms with van der Waals surface area (Å²) in [5.74, 6) is 1.06. The van der Waals surface area contributed by atoms with Crippen molar-refractivity contribution in [2.24, 2.45) is 5.92 Å². The SMILES string of the molecule is CNC(=O)c1ncc(Nc2nccc(N3C[C@H]4CC[C@@H](C3)N4C(=O)[C@@H](C)CCC#N)n2)cc1C. The summed E-state index contributed by atoms with van der Waals surface area (Å²) in [4.78, 5) is 42.4.